The number of hydrogen-bond acceptors (Lipinski definition) is 6. The SMILES string of the molecule is C=CCn1c(O)c(C=Nc2ccc(SCC(=O)O)cc2)c(=O)[nH]c1=S. The van der Waals surface area contributed by atoms with Crippen molar-refractivity contribution in [2.45, 2.75) is 11.4 Å². The molecule has 0 radical (unpaired) electrons. The standard InChI is InChI=1S/C16H15N3O4S2/c1-2-7-19-15(23)12(14(22)18-16(19)24)8-17-10-3-5-11(6-4-10)25-9-13(20)21/h2-6,8,23H,1,7,9H2,(H,20,21)(H,18,22,24). The van der Waals surface area contributed by atoms with E-state index in [4.69, 9.17) is 17.3 Å². The number of rotatable bonds is 7. The number of aliphatic imine (C=N–C) groups is 1. The molecule has 0 atom stereocenters. The molecule has 2 rings (SSSR count). The minimum absolute atomic E-state index is 0.0141. The van der Waals surface area contributed by atoms with Crippen molar-refractivity contribution in [1.82, 2.24) is 9.55 Å². The van der Waals surface area contributed by atoms with Gasteiger partial charge in [0.1, 0.15) is 5.56 Å². The van der Waals surface area contributed by atoms with Gasteiger partial charge in [-0.1, -0.05) is 6.08 Å². The molecule has 0 amide bonds. The molecule has 0 aliphatic rings. The number of carboxylic acid groups (broad SMARTS) is 1. The number of nitrogens with zero attached hydrogens (tertiary/aromatic N) is 2. The number of aromatic amines is 1. The van der Waals surface area contributed by atoms with Crippen LogP contribution < -0.4 is 5.56 Å². The van der Waals surface area contributed by atoms with Gasteiger partial charge in [-0.05, 0) is 36.5 Å². The zero-order valence-corrected chi connectivity index (χ0v) is 14.6. The zero-order valence-electron chi connectivity index (χ0n) is 13.0. The Morgan fingerprint density at radius 3 is 2.68 bits per heavy atom. The molecular weight excluding hydrogens is 362 g/mol. The summed E-state index contributed by atoms with van der Waals surface area (Å²) in [6, 6.07) is 6.83. The van der Waals surface area contributed by atoms with Crippen molar-refractivity contribution in [2.24, 2.45) is 4.99 Å². The molecule has 0 aliphatic carbocycles. The van der Waals surface area contributed by atoms with Crippen LogP contribution in [0.25, 0.3) is 0 Å². The van der Waals surface area contributed by atoms with Crippen LogP contribution in [0.3, 0.4) is 0 Å². The van der Waals surface area contributed by atoms with E-state index < -0.39 is 11.5 Å². The third-order valence-electron chi connectivity index (χ3n) is 3.06. The summed E-state index contributed by atoms with van der Waals surface area (Å²) < 4.78 is 1.43. The molecule has 25 heavy (non-hydrogen) atoms. The molecule has 7 nitrogen and oxygen atoms in total. The second-order valence-corrected chi connectivity index (χ2v) is 6.27. The van der Waals surface area contributed by atoms with Gasteiger partial charge >= 0.3 is 5.97 Å². The summed E-state index contributed by atoms with van der Waals surface area (Å²) in [5.41, 5.74) is -0.00355. The molecule has 0 spiro atoms. The minimum Gasteiger partial charge on any atom is -0.494 e. The molecular formula is C16H15N3O4S2. The second-order valence-electron chi connectivity index (χ2n) is 4.83. The maximum Gasteiger partial charge on any atom is 0.313 e. The van der Waals surface area contributed by atoms with Crippen LogP contribution in [0.1, 0.15) is 5.56 Å². The average molecular weight is 377 g/mol. The molecule has 130 valence electrons. The lowest BCUT2D eigenvalue weighted by Gasteiger charge is -2.08. The summed E-state index contributed by atoms with van der Waals surface area (Å²) in [5.74, 6) is -1.20. The number of carboxylic acids is 1. The van der Waals surface area contributed by atoms with Crippen molar-refractivity contribution >= 4 is 41.9 Å². The lowest BCUT2D eigenvalue weighted by Crippen LogP contribution is -2.18. The molecule has 0 saturated carbocycles. The average Bonchev–Trinajstić information content (AvgIpc) is 2.57. The maximum absolute atomic E-state index is 12.0. The van der Waals surface area contributed by atoms with Gasteiger partial charge in [-0.3, -0.25) is 24.1 Å². The first kappa shape index (κ1) is 18.7. The normalized spacial score (nSPS) is 10.9. The van der Waals surface area contributed by atoms with Crippen LogP contribution in [0.2, 0.25) is 0 Å². The highest BCUT2D eigenvalue weighted by Gasteiger charge is 2.10. The monoisotopic (exact) mass is 377 g/mol. The van der Waals surface area contributed by atoms with Gasteiger partial charge in [0, 0.05) is 17.7 Å². The number of aromatic nitrogens is 2. The van der Waals surface area contributed by atoms with Crippen molar-refractivity contribution in [1.29, 1.82) is 0 Å². The summed E-state index contributed by atoms with van der Waals surface area (Å²) in [4.78, 5) is 29.9. The number of nitrogens with one attached hydrogen (secondary N) is 1. The van der Waals surface area contributed by atoms with E-state index in [-0.39, 0.29) is 28.5 Å². The summed E-state index contributed by atoms with van der Waals surface area (Å²) >= 11 is 6.19. The molecule has 0 aliphatic heterocycles. The van der Waals surface area contributed by atoms with Gasteiger partial charge in [-0.15, -0.1) is 18.3 Å². The summed E-state index contributed by atoms with van der Waals surface area (Å²) in [6.07, 6.45) is 2.80. The highest BCUT2D eigenvalue weighted by Crippen LogP contribution is 2.22. The van der Waals surface area contributed by atoms with Gasteiger partial charge in [0.15, 0.2) is 4.77 Å². The van der Waals surface area contributed by atoms with Gasteiger partial charge in [-0.2, -0.15) is 0 Å². The molecule has 1 aromatic carbocycles. The van der Waals surface area contributed by atoms with Gasteiger partial charge in [0.2, 0.25) is 5.88 Å². The van der Waals surface area contributed by atoms with E-state index in [0.717, 1.165) is 4.90 Å². The van der Waals surface area contributed by atoms with E-state index >= 15 is 0 Å². The first-order valence-electron chi connectivity index (χ1n) is 7.08. The largest absolute Gasteiger partial charge is 0.494 e. The first-order valence-corrected chi connectivity index (χ1v) is 8.47. The summed E-state index contributed by atoms with van der Waals surface area (Å²) in [7, 11) is 0. The Labute approximate surface area is 152 Å². The van der Waals surface area contributed by atoms with Crippen LogP contribution in [0.5, 0.6) is 5.88 Å². The lowest BCUT2D eigenvalue weighted by molar-refractivity contribution is -0.133. The van der Waals surface area contributed by atoms with Gasteiger partial charge in [-0.25, -0.2) is 0 Å². The Morgan fingerprint density at radius 1 is 1.40 bits per heavy atom. The Balaban J connectivity index is 2.26. The number of allylic oxidation sites excluding steroid dienone is 1. The fourth-order valence-corrected chi connectivity index (χ4v) is 2.77. The quantitative estimate of drug-likeness (QED) is 0.296. The number of aliphatic carboxylic acids is 1. The highest BCUT2D eigenvalue weighted by atomic mass is 32.2. The first-order chi connectivity index (χ1) is 11.9. The Kier molecular flexibility index (Phi) is 6.31. The lowest BCUT2D eigenvalue weighted by atomic mass is 10.3. The number of carbonyl (C=O) groups is 1. The van der Waals surface area contributed by atoms with E-state index in [1.165, 1.54) is 22.5 Å². The van der Waals surface area contributed by atoms with Crippen molar-refractivity contribution in [3.8, 4) is 5.88 Å². The van der Waals surface area contributed by atoms with Crippen LogP contribution in [-0.4, -0.2) is 37.7 Å². The Morgan fingerprint density at radius 2 is 2.08 bits per heavy atom. The predicted octanol–water partition coefficient (Wildman–Crippen LogP) is 2.72. The highest BCUT2D eigenvalue weighted by molar-refractivity contribution is 8.00. The Bertz CT molecular complexity index is 930. The molecule has 2 aromatic rings. The van der Waals surface area contributed by atoms with E-state index in [2.05, 4.69) is 16.6 Å². The minimum atomic E-state index is -0.889. The number of aromatic hydroxyl groups is 1. The molecule has 0 saturated heterocycles. The van der Waals surface area contributed by atoms with E-state index in [1.807, 2.05) is 0 Å². The fraction of sp³-hybridized carbons (Fsp3) is 0.125. The van der Waals surface area contributed by atoms with Crippen molar-refractivity contribution in [3.63, 3.8) is 0 Å². The van der Waals surface area contributed by atoms with Gasteiger partial charge in [0.25, 0.3) is 5.56 Å². The summed E-state index contributed by atoms with van der Waals surface area (Å²) in [6.45, 7) is 3.82. The van der Waals surface area contributed by atoms with E-state index in [9.17, 15) is 14.7 Å². The third kappa shape index (κ3) is 4.91. The fourth-order valence-electron chi connectivity index (χ4n) is 1.90. The smallest absolute Gasteiger partial charge is 0.313 e. The maximum atomic E-state index is 12.0. The van der Waals surface area contributed by atoms with E-state index in [1.54, 1.807) is 30.3 Å². The number of hydrogen-bond donors (Lipinski definition) is 3. The molecule has 3 N–H and O–H groups in total. The topological polar surface area (TPSA) is 108 Å². The summed E-state index contributed by atoms with van der Waals surface area (Å²) in [5, 5.41) is 18.9. The molecule has 0 fully saturated rings. The number of benzene rings is 1. The molecule has 1 heterocycles. The Hall–Kier alpha value is -2.65. The van der Waals surface area contributed by atoms with Crippen LogP contribution in [0, 0.1) is 4.77 Å². The predicted molar refractivity (Wildman–Crippen MR) is 99.8 cm³/mol. The number of thioether (sulfide) groups is 1. The second kappa shape index (κ2) is 8.45. The van der Waals surface area contributed by atoms with E-state index in [0.29, 0.717) is 5.69 Å². The molecule has 9 heteroatoms. The van der Waals surface area contributed by atoms with Crippen molar-refractivity contribution in [2.75, 3.05) is 5.75 Å². The van der Waals surface area contributed by atoms with Crippen molar-refractivity contribution < 1.29 is 15.0 Å². The molecule has 0 bridgehead atoms. The molecule has 1 aromatic heterocycles. The van der Waals surface area contributed by atoms with Gasteiger partial charge < -0.3 is 10.2 Å². The third-order valence-corrected chi connectivity index (χ3v) is 4.38. The van der Waals surface area contributed by atoms with Crippen LogP contribution >= 0.6 is 24.0 Å². The van der Waals surface area contributed by atoms with Crippen LogP contribution in [0.4, 0.5) is 5.69 Å². The van der Waals surface area contributed by atoms with Crippen LogP contribution in [-0.2, 0) is 11.3 Å². The zero-order chi connectivity index (χ0) is 18.4. The van der Waals surface area contributed by atoms with Gasteiger partial charge in [0.05, 0.1) is 11.4 Å². The van der Waals surface area contributed by atoms with Crippen molar-refractivity contribution in [3.05, 3.63) is 57.6 Å². The van der Waals surface area contributed by atoms with Crippen LogP contribution in [0.15, 0.2) is 51.6 Å². The molecule has 0 unspecified atom stereocenters. The number of H-pyrrole nitrogens is 1.